The number of hydrogen-bond acceptors (Lipinski definition) is 5. The summed E-state index contributed by atoms with van der Waals surface area (Å²) in [5.74, 6) is -1.05. The summed E-state index contributed by atoms with van der Waals surface area (Å²) >= 11 is 0. The van der Waals surface area contributed by atoms with E-state index in [2.05, 4.69) is 11.4 Å². The molecule has 8 heteroatoms. The molecule has 7 nitrogen and oxygen atoms in total. The fourth-order valence-electron chi connectivity index (χ4n) is 6.00. The van der Waals surface area contributed by atoms with Crippen LogP contribution in [0.4, 0.5) is 10.1 Å². The molecule has 2 aromatic carbocycles. The zero-order valence-corrected chi connectivity index (χ0v) is 19.9. The number of hydrogen-bond donors (Lipinski definition) is 2. The van der Waals surface area contributed by atoms with Crippen LogP contribution in [-0.4, -0.2) is 58.1 Å². The number of carbonyl (C=O) groups excluding carboxylic acids is 2. The number of rotatable bonds is 5. The molecule has 35 heavy (non-hydrogen) atoms. The standard InChI is InChI=1S/C27H29FN4O3/c1-16(2)12-22(31-11-10-17-6-5-8-20(28)23(17)25(31)34)24(33)32-15-27(13-18(32)14-29)19-7-3-4-9-21(19)30-26(27)35/h3-9,16,18,22,24,33H,10-13,15H2,1-2H3,(H,30,35)/t18?,22?,24?,27-/m0/s1. The highest BCUT2D eigenvalue weighted by Crippen LogP contribution is 2.47. The molecule has 1 spiro atoms. The maximum Gasteiger partial charge on any atom is 0.257 e. The topological polar surface area (TPSA) is 96.7 Å². The number of nitriles is 1. The average Bonchev–Trinajstić information content (AvgIpc) is 3.36. The van der Waals surface area contributed by atoms with Gasteiger partial charge < -0.3 is 15.3 Å². The molecule has 0 radical (unpaired) electrons. The summed E-state index contributed by atoms with van der Waals surface area (Å²) < 4.78 is 14.6. The summed E-state index contributed by atoms with van der Waals surface area (Å²) in [4.78, 5) is 29.8. The molecule has 0 saturated carbocycles. The zero-order valence-electron chi connectivity index (χ0n) is 19.9. The third kappa shape index (κ3) is 3.70. The van der Waals surface area contributed by atoms with Gasteiger partial charge in [-0.05, 0) is 48.4 Å². The SMILES string of the molecule is CC(C)CC(C(O)N1C[C@]2(CC1C#N)C(=O)Nc1ccccc12)N1CCc2cccc(F)c2C1=O. The molecule has 3 aliphatic rings. The van der Waals surface area contributed by atoms with Crippen molar-refractivity contribution in [1.29, 1.82) is 5.26 Å². The smallest absolute Gasteiger partial charge is 0.257 e. The van der Waals surface area contributed by atoms with Crippen molar-refractivity contribution in [3.05, 3.63) is 65.0 Å². The highest BCUT2D eigenvalue weighted by molar-refractivity contribution is 6.06. The van der Waals surface area contributed by atoms with E-state index in [1.54, 1.807) is 21.9 Å². The number of halogens is 1. The van der Waals surface area contributed by atoms with Gasteiger partial charge in [0.25, 0.3) is 5.91 Å². The van der Waals surface area contributed by atoms with Gasteiger partial charge in [-0.2, -0.15) is 5.26 Å². The largest absolute Gasteiger partial charge is 0.376 e. The Morgan fingerprint density at radius 3 is 2.74 bits per heavy atom. The molecule has 2 aromatic rings. The van der Waals surface area contributed by atoms with Crippen LogP contribution in [0.15, 0.2) is 42.5 Å². The Bertz CT molecular complexity index is 1230. The van der Waals surface area contributed by atoms with E-state index in [1.165, 1.54) is 6.07 Å². The number of benzene rings is 2. The first-order valence-electron chi connectivity index (χ1n) is 12.1. The van der Waals surface area contributed by atoms with Crippen LogP contribution in [0.3, 0.4) is 0 Å². The Morgan fingerprint density at radius 2 is 2.00 bits per heavy atom. The monoisotopic (exact) mass is 476 g/mol. The Morgan fingerprint density at radius 1 is 1.23 bits per heavy atom. The van der Waals surface area contributed by atoms with Gasteiger partial charge in [-0.25, -0.2) is 4.39 Å². The number of likely N-dealkylation sites (tertiary alicyclic amines) is 1. The van der Waals surface area contributed by atoms with E-state index in [-0.39, 0.29) is 30.4 Å². The Balaban J connectivity index is 1.49. The molecular weight excluding hydrogens is 447 g/mol. The number of aliphatic hydroxyl groups is 1. The van der Waals surface area contributed by atoms with Crippen LogP contribution in [0, 0.1) is 23.1 Å². The molecule has 1 fully saturated rings. The van der Waals surface area contributed by atoms with Crippen molar-refractivity contribution < 1.29 is 19.1 Å². The first-order chi connectivity index (χ1) is 16.8. The number of aliphatic hydroxyl groups excluding tert-OH is 1. The van der Waals surface area contributed by atoms with Crippen molar-refractivity contribution in [2.45, 2.75) is 56.8 Å². The van der Waals surface area contributed by atoms with Gasteiger partial charge in [0.05, 0.1) is 23.1 Å². The molecule has 3 unspecified atom stereocenters. The van der Waals surface area contributed by atoms with Crippen molar-refractivity contribution in [3.8, 4) is 6.07 Å². The zero-order chi connectivity index (χ0) is 24.9. The molecule has 3 aliphatic heterocycles. The lowest BCUT2D eigenvalue weighted by Gasteiger charge is -2.42. The highest BCUT2D eigenvalue weighted by Gasteiger charge is 2.57. The third-order valence-electron chi connectivity index (χ3n) is 7.66. The van der Waals surface area contributed by atoms with Crippen LogP contribution in [-0.2, 0) is 16.6 Å². The predicted octanol–water partition coefficient (Wildman–Crippen LogP) is 3.05. The quantitative estimate of drug-likeness (QED) is 0.692. The first-order valence-corrected chi connectivity index (χ1v) is 12.1. The molecule has 0 aliphatic carbocycles. The number of carbonyl (C=O) groups is 2. The number of amides is 2. The van der Waals surface area contributed by atoms with Crippen LogP contribution in [0.25, 0.3) is 0 Å². The highest BCUT2D eigenvalue weighted by atomic mass is 19.1. The number of para-hydroxylation sites is 1. The van der Waals surface area contributed by atoms with Gasteiger partial charge in [0.1, 0.15) is 18.1 Å². The van der Waals surface area contributed by atoms with Crippen LogP contribution in [0.5, 0.6) is 0 Å². The minimum Gasteiger partial charge on any atom is -0.376 e. The maximum atomic E-state index is 14.6. The Labute approximate surface area is 204 Å². The molecule has 0 bridgehead atoms. The van der Waals surface area contributed by atoms with Crippen molar-refractivity contribution in [2.24, 2.45) is 5.92 Å². The van der Waals surface area contributed by atoms with Crippen molar-refractivity contribution in [2.75, 3.05) is 18.4 Å². The van der Waals surface area contributed by atoms with Crippen molar-refractivity contribution >= 4 is 17.5 Å². The minimum atomic E-state index is -1.18. The molecular formula is C27H29FN4O3. The van der Waals surface area contributed by atoms with Gasteiger partial charge in [0.2, 0.25) is 5.91 Å². The molecule has 5 rings (SSSR count). The van der Waals surface area contributed by atoms with Gasteiger partial charge in [-0.3, -0.25) is 14.5 Å². The summed E-state index contributed by atoms with van der Waals surface area (Å²) in [5.41, 5.74) is 1.33. The summed E-state index contributed by atoms with van der Waals surface area (Å²) in [6, 6.07) is 13.0. The fraction of sp³-hybridized carbons (Fsp3) is 0.444. The lowest BCUT2D eigenvalue weighted by Crippen LogP contribution is -2.57. The number of nitrogens with zero attached hydrogens (tertiary/aromatic N) is 3. The second-order valence-corrected chi connectivity index (χ2v) is 10.2. The van der Waals surface area contributed by atoms with E-state index in [1.807, 2.05) is 38.1 Å². The van der Waals surface area contributed by atoms with E-state index in [4.69, 9.17) is 0 Å². The van der Waals surface area contributed by atoms with E-state index >= 15 is 0 Å². The maximum absolute atomic E-state index is 14.6. The second-order valence-electron chi connectivity index (χ2n) is 10.2. The van der Waals surface area contributed by atoms with Gasteiger partial charge in [-0.1, -0.05) is 44.2 Å². The van der Waals surface area contributed by atoms with E-state index in [9.17, 15) is 24.3 Å². The molecule has 182 valence electrons. The number of nitrogens with one attached hydrogen (secondary N) is 1. The van der Waals surface area contributed by atoms with E-state index < -0.39 is 35.5 Å². The van der Waals surface area contributed by atoms with E-state index in [0.29, 0.717) is 24.9 Å². The molecule has 3 heterocycles. The second kappa shape index (κ2) is 8.74. The summed E-state index contributed by atoms with van der Waals surface area (Å²) in [6.45, 7) is 4.51. The molecule has 0 aromatic heterocycles. The average molecular weight is 477 g/mol. The van der Waals surface area contributed by atoms with Gasteiger partial charge in [0, 0.05) is 18.8 Å². The number of anilines is 1. The molecule has 2 amide bonds. The Kier molecular flexibility index (Phi) is 5.86. The van der Waals surface area contributed by atoms with Crippen LogP contribution >= 0.6 is 0 Å². The normalized spacial score (nSPS) is 25.4. The van der Waals surface area contributed by atoms with Crippen molar-refractivity contribution in [1.82, 2.24) is 9.80 Å². The third-order valence-corrected chi connectivity index (χ3v) is 7.66. The lowest BCUT2D eigenvalue weighted by molar-refractivity contribution is -0.121. The predicted molar refractivity (Wildman–Crippen MR) is 128 cm³/mol. The fourth-order valence-corrected chi connectivity index (χ4v) is 6.00. The molecule has 2 N–H and O–H groups in total. The summed E-state index contributed by atoms with van der Waals surface area (Å²) in [5, 5.41) is 24.6. The van der Waals surface area contributed by atoms with Crippen LogP contribution in [0.1, 0.15) is 48.2 Å². The van der Waals surface area contributed by atoms with Gasteiger partial charge in [-0.15, -0.1) is 0 Å². The minimum absolute atomic E-state index is 0.0542. The van der Waals surface area contributed by atoms with Gasteiger partial charge in [0.15, 0.2) is 0 Å². The van der Waals surface area contributed by atoms with Crippen LogP contribution in [0.2, 0.25) is 0 Å². The Hall–Kier alpha value is -3.28. The van der Waals surface area contributed by atoms with E-state index in [0.717, 1.165) is 11.3 Å². The molecule has 1 saturated heterocycles. The summed E-state index contributed by atoms with van der Waals surface area (Å²) in [7, 11) is 0. The van der Waals surface area contributed by atoms with Crippen LogP contribution < -0.4 is 5.32 Å². The lowest BCUT2D eigenvalue weighted by atomic mass is 9.80. The first kappa shape index (κ1) is 23.5. The van der Waals surface area contributed by atoms with Gasteiger partial charge >= 0.3 is 0 Å². The van der Waals surface area contributed by atoms with Crippen molar-refractivity contribution in [3.63, 3.8) is 0 Å². The molecule has 4 atom stereocenters. The number of fused-ring (bicyclic) bond motifs is 3. The summed E-state index contributed by atoms with van der Waals surface area (Å²) in [6.07, 6.45) is 0.0329.